The Labute approximate surface area is 161 Å². The second-order valence-corrected chi connectivity index (χ2v) is 7.85. The molecule has 7 heteroatoms. The van der Waals surface area contributed by atoms with Crippen molar-refractivity contribution in [1.29, 1.82) is 0 Å². The van der Waals surface area contributed by atoms with E-state index in [1.165, 1.54) is 25.4 Å². The van der Waals surface area contributed by atoms with Gasteiger partial charge in [0, 0.05) is 19.3 Å². The van der Waals surface area contributed by atoms with Crippen LogP contribution in [-0.4, -0.2) is 22.1 Å². The number of hydrogen-bond donors (Lipinski definition) is 0. The molecule has 0 saturated carbocycles. The average Bonchev–Trinajstić information content (AvgIpc) is 3.14. The lowest BCUT2D eigenvalue weighted by atomic mass is 10.1. The molecule has 2 heterocycles. The van der Waals surface area contributed by atoms with Crippen LogP contribution in [-0.2, 0) is 17.9 Å². The zero-order chi connectivity index (χ0) is 19.6. The molecular formula is C20H23N3O3S. The summed E-state index contributed by atoms with van der Waals surface area (Å²) in [7, 11) is 1.68. The number of thiophene rings is 1. The number of likely N-dealkylation sites (N-methyl/N-ethyl adjacent to an activating group) is 1. The summed E-state index contributed by atoms with van der Waals surface area (Å²) in [5, 5.41) is 1.78. The summed E-state index contributed by atoms with van der Waals surface area (Å²) in [5.41, 5.74) is 0.572. The summed E-state index contributed by atoms with van der Waals surface area (Å²) in [5.74, 6) is 0.152. The van der Waals surface area contributed by atoms with Crippen LogP contribution >= 0.6 is 11.3 Å². The van der Waals surface area contributed by atoms with E-state index in [9.17, 15) is 14.4 Å². The van der Waals surface area contributed by atoms with Gasteiger partial charge in [0.2, 0.25) is 5.91 Å². The Balaban J connectivity index is 2.01. The number of fused-ring (bicyclic) bond motifs is 1. The fraction of sp³-hybridized carbons (Fsp3) is 0.350. The Morgan fingerprint density at radius 1 is 1.11 bits per heavy atom. The molecule has 0 spiro atoms. The van der Waals surface area contributed by atoms with Crippen molar-refractivity contribution in [3.8, 4) is 0 Å². The third kappa shape index (κ3) is 3.88. The van der Waals surface area contributed by atoms with Gasteiger partial charge in [0.1, 0.15) is 11.2 Å². The lowest BCUT2D eigenvalue weighted by Crippen LogP contribution is -2.42. The first-order valence-electron chi connectivity index (χ1n) is 8.92. The molecular weight excluding hydrogens is 362 g/mol. The van der Waals surface area contributed by atoms with Crippen molar-refractivity contribution in [2.24, 2.45) is 5.92 Å². The van der Waals surface area contributed by atoms with E-state index in [2.05, 4.69) is 0 Å². The van der Waals surface area contributed by atoms with E-state index in [0.717, 1.165) is 12.1 Å². The Morgan fingerprint density at radius 3 is 2.48 bits per heavy atom. The van der Waals surface area contributed by atoms with Gasteiger partial charge in [0.05, 0.1) is 5.52 Å². The van der Waals surface area contributed by atoms with Gasteiger partial charge in [0.15, 0.2) is 0 Å². The maximum atomic E-state index is 13.0. The highest BCUT2D eigenvalue weighted by Gasteiger charge is 2.18. The lowest BCUT2D eigenvalue weighted by molar-refractivity contribution is -0.118. The van der Waals surface area contributed by atoms with Gasteiger partial charge in [-0.25, -0.2) is 4.79 Å². The summed E-state index contributed by atoms with van der Waals surface area (Å²) in [4.78, 5) is 39.9. The number of amides is 1. The van der Waals surface area contributed by atoms with Gasteiger partial charge >= 0.3 is 5.69 Å². The summed E-state index contributed by atoms with van der Waals surface area (Å²) >= 11 is 1.30. The Bertz CT molecular complexity index is 1060. The van der Waals surface area contributed by atoms with E-state index in [-0.39, 0.29) is 18.0 Å². The highest BCUT2D eigenvalue weighted by molar-refractivity contribution is 7.17. The van der Waals surface area contributed by atoms with Gasteiger partial charge in [-0.05, 0) is 35.9 Å². The molecule has 0 N–H and O–H groups in total. The first-order valence-corrected chi connectivity index (χ1v) is 9.80. The molecule has 0 radical (unpaired) electrons. The SMILES string of the molecule is CC(C)CCn1c(=O)c2sccc2n(CC(=O)N(C)c2ccccc2)c1=O. The largest absolute Gasteiger partial charge is 0.332 e. The van der Waals surface area contributed by atoms with Gasteiger partial charge in [-0.2, -0.15) is 0 Å². The summed E-state index contributed by atoms with van der Waals surface area (Å²) in [6, 6.07) is 11.0. The molecule has 0 aliphatic heterocycles. The van der Waals surface area contributed by atoms with Gasteiger partial charge in [-0.15, -0.1) is 11.3 Å². The quantitative estimate of drug-likeness (QED) is 0.655. The molecule has 0 unspecified atom stereocenters. The average molecular weight is 385 g/mol. The molecule has 0 atom stereocenters. The molecule has 1 amide bonds. The number of anilines is 1. The van der Waals surface area contributed by atoms with E-state index in [1.807, 2.05) is 44.2 Å². The first-order chi connectivity index (χ1) is 12.9. The number of rotatable bonds is 6. The Hall–Kier alpha value is -2.67. The number of benzene rings is 1. The van der Waals surface area contributed by atoms with Crippen molar-refractivity contribution in [3.63, 3.8) is 0 Å². The normalized spacial score (nSPS) is 11.3. The van der Waals surface area contributed by atoms with Crippen LogP contribution in [0, 0.1) is 5.92 Å². The van der Waals surface area contributed by atoms with E-state index < -0.39 is 5.69 Å². The van der Waals surface area contributed by atoms with Crippen LogP contribution in [0.4, 0.5) is 5.69 Å². The van der Waals surface area contributed by atoms with Crippen molar-refractivity contribution < 1.29 is 4.79 Å². The van der Waals surface area contributed by atoms with Crippen molar-refractivity contribution in [2.45, 2.75) is 33.4 Å². The van der Waals surface area contributed by atoms with Gasteiger partial charge in [-0.1, -0.05) is 32.0 Å². The van der Waals surface area contributed by atoms with Crippen LogP contribution in [0.25, 0.3) is 10.2 Å². The second-order valence-electron chi connectivity index (χ2n) is 6.93. The number of para-hydroxylation sites is 1. The molecule has 6 nitrogen and oxygen atoms in total. The van der Waals surface area contributed by atoms with Gasteiger partial charge < -0.3 is 4.90 Å². The molecule has 27 heavy (non-hydrogen) atoms. The molecule has 0 fully saturated rings. The lowest BCUT2D eigenvalue weighted by Gasteiger charge is -2.19. The van der Waals surface area contributed by atoms with E-state index in [4.69, 9.17) is 0 Å². The van der Waals surface area contributed by atoms with Crippen LogP contribution in [0.5, 0.6) is 0 Å². The fourth-order valence-corrected chi connectivity index (χ4v) is 3.75. The number of aromatic nitrogens is 2. The zero-order valence-corrected chi connectivity index (χ0v) is 16.5. The van der Waals surface area contributed by atoms with Crippen molar-refractivity contribution in [3.05, 3.63) is 62.6 Å². The molecule has 0 aliphatic rings. The standard InChI is InChI=1S/C20H23N3O3S/c1-14(2)9-11-22-19(25)18-16(10-12-27-18)23(20(22)26)13-17(24)21(3)15-7-5-4-6-8-15/h4-8,10,12,14H,9,11,13H2,1-3H3. The summed E-state index contributed by atoms with van der Waals surface area (Å²) < 4.78 is 3.18. The van der Waals surface area contributed by atoms with Crippen LogP contribution in [0.3, 0.4) is 0 Å². The molecule has 0 bridgehead atoms. The fourth-order valence-electron chi connectivity index (χ4n) is 2.91. The molecule has 3 aromatic rings. The summed E-state index contributed by atoms with van der Waals surface area (Å²) in [6.45, 7) is 4.34. The minimum absolute atomic E-state index is 0.112. The number of hydrogen-bond acceptors (Lipinski definition) is 4. The first kappa shape index (κ1) is 19.1. The molecule has 2 aromatic heterocycles. The maximum absolute atomic E-state index is 13.0. The highest BCUT2D eigenvalue weighted by atomic mass is 32.1. The summed E-state index contributed by atoms with van der Waals surface area (Å²) in [6.07, 6.45) is 0.726. The van der Waals surface area contributed by atoms with Gasteiger partial charge in [0.25, 0.3) is 5.56 Å². The number of carbonyl (C=O) groups is 1. The van der Waals surface area contributed by atoms with Crippen LogP contribution in [0.15, 0.2) is 51.4 Å². The number of carbonyl (C=O) groups excluding carboxylic acids is 1. The molecule has 3 rings (SSSR count). The predicted octanol–water partition coefficient (Wildman–Crippen LogP) is 2.93. The van der Waals surface area contributed by atoms with Crippen molar-refractivity contribution in [1.82, 2.24) is 9.13 Å². The van der Waals surface area contributed by atoms with Crippen LogP contribution in [0.2, 0.25) is 0 Å². The number of nitrogens with zero attached hydrogens (tertiary/aromatic N) is 3. The van der Waals surface area contributed by atoms with Crippen molar-refractivity contribution >= 4 is 33.1 Å². The monoisotopic (exact) mass is 385 g/mol. The van der Waals surface area contributed by atoms with Gasteiger partial charge in [-0.3, -0.25) is 18.7 Å². The molecule has 1 aromatic carbocycles. The van der Waals surface area contributed by atoms with Crippen LogP contribution in [0.1, 0.15) is 20.3 Å². The Morgan fingerprint density at radius 2 is 1.81 bits per heavy atom. The Kier molecular flexibility index (Phi) is 5.60. The topological polar surface area (TPSA) is 64.3 Å². The highest BCUT2D eigenvalue weighted by Crippen LogP contribution is 2.17. The van der Waals surface area contributed by atoms with Crippen LogP contribution < -0.4 is 16.1 Å². The third-order valence-electron chi connectivity index (χ3n) is 4.58. The third-order valence-corrected chi connectivity index (χ3v) is 5.47. The van der Waals surface area contributed by atoms with E-state index >= 15 is 0 Å². The predicted molar refractivity (Wildman–Crippen MR) is 110 cm³/mol. The maximum Gasteiger partial charge on any atom is 0.332 e. The van der Waals surface area contributed by atoms with E-state index in [1.54, 1.807) is 18.5 Å². The molecule has 0 aliphatic carbocycles. The van der Waals surface area contributed by atoms with Crippen molar-refractivity contribution in [2.75, 3.05) is 11.9 Å². The minimum atomic E-state index is -0.429. The second kappa shape index (κ2) is 7.92. The smallest absolute Gasteiger partial charge is 0.314 e. The minimum Gasteiger partial charge on any atom is -0.314 e. The zero-order valence-electron chi connectivity index (χ0n) is 15.7. The van der Waals surface area contributed by atoms with E-state index in [0.29, 0.717) is 22.7 Å². The molecule has 0 saturated heterocycles. The molecule has 142 valence electrons.